The molecule has 1 atom stereocenters. The Labute approximate surface area is 105 Å². The molecule has 0 saturated heterocycles. The molecule has 0 saturated carbocycles. The van der Waals surface area contributed by atoms with Gasteiger partial charge < -0.3 is 0 Å². The lowest BCUT2D eigenvalue weighted by molar-refractivity contribution is 0.555. The lowest BCUT2D eigenvalue weighted by Gasteiger charge is -2.13. The zero-order chi connectivity index (χ0) is 11.4. The van der Waals surface area contributed by atoms with Gasteiger partial charge in [0.1, 0.15) is 0 Å². The average molecular weight is 294 g/mol. The minimum absolute atomic E-state index is 0.550. The molecule has 0 N–H and O–H groups in total. The van der Waals surface area contributed by atoms with Gasteiger partial charge in [0.05, 0.1) is 16.9 Å². The highest BCUT2D eigenvalue weighted by atomic mass is 79.9. The Kier molecular flexibility index (Phi) is 5.13. The van der Waals surface area contributed by atoms with E-state index in [9.17, 15) is 0 Å². The quantitative estimate of drug-likeness (QED) is 0.753. The molecule has 0 spiro atoms. The van der Waals surface area contributed by atoms with Crippen LogP contribution in [0.15, 0.2) is 6.20 Å². The summed E-state index contributed by atoms with van der Waals surface area (Å²) in [5, 5.41) is 5.02. The standard InChI is InChI=1S/C11H18BrClN2/c1-4-15-11(10(13)7-14-15)6-5-9(12)8(2)3/h7-9H,4-6H2,1-3H3. The van der Waals surface area contributed by atoms with E-state index in [1.54, 1.807) is 6.20 Å². The van der Waals surface area contributed by atoms with E-state index in [1.807, 2.05) is 4.68 Å². The fraction of sp³-hybridized carbons (Fsp3) is 0.727. The van der Waals surface area contributed by atoms with Crippen molar-refractivity contribution in [3.05, 3.63) is 16.9 Å². The van der Waals surface area contributed by atoms with Gasteiger partial charge in [0.15, 0.2) is 0 Å². The van der Waals surface area contributed by atoms with Crippen LogP contribution >= 0.6 is 27.5 Å². The summed E-state index contributed by atoms with van der Waals surface area (Å²) in [7, 11) is 0. The van der Waals surface area contributed by atoms with E-state index in [0.717, 1.165) is 30.1 Å². The van der Waals surface area contributed by atoms with Gasteiger partial charge in [0.2, 0.25) is 0 Å². The minimum atomic E-state index is 0.550. The van der Waals surface area contributed by atoms with Crippen LogP contribution in [0.3, 0.4) is 0 Å². The van der Waals surface area contributed by atoms with Crippen molar-refractivity contribution < 1.29 is 0 Å². The van der Waals surface area contributed by atoms with Crippen molar-refractivity contribution in [2.24, 2.45) is 5.92 Å². The van der Waals surface area contributed by atoms with Crippen molar-refractivity contribution in [2.75, 3.05) is 0 Å². The van der Waals surface area contributed by atoms with Gasteiger partial charge in [-0.1, -0.05) is 41.4 Å². The third kappa shape index (κ3) is 3.49. The van der Waals surface area contributed by atoms with Crippen molar-refractivity contribution in [3.8, 4) is 0 Å². The summed E-state index contributed by atoms with van der Waals surface area (Å²) in [4.78, 5) is 0.550. The molecule has 0 aromatic carbocycles. The van der Waals surface area contributed by atoms with E-state index in [0.29, 0.717) is 10.7 Å². The molecule has 0 aliphatic rings. The Bertz CT molecular complexity index is 310. The Hall–Kier alpha value is -0.0200. The monoisotopic (exact) mass is 292 g/mol. The third-order valence-corrected chi connectivity index (χ3v) is 4.41. The number of nitrogens with zero attached hydrogens (tertiary/aromatic N) is 2. The number of aromatic nitrogens is 2. The number of hydrogen-bond acceptors (Lipinski definition) is 1. The van der Waals surface area contributed by atoms with Gasteiger partial charge >= 0.3 is 0 Å². The molecule has 0 amide bonds. The van der Waals surface area contributed by atoms with E-state index < -0.39 is 0 Å². The number of alkyl halides is 1. The first-order valence-corrected chi connectivity index (χ1v) is 6.69. The smallest absolute Gasteiger partial charge is 0.0817 e. The van der Waals surface area contributed by atoms with E-state index >= 15 is 0 Å². The molecule has 0 bridgehead atoms. The summed E-state index contributed by atoms with van der Waals surface area (Å²) < 4.78 is 1.97. The van der Waals surface area contributed by atoms with Gasteiger partial charge in [-0.15, -0.1) is 0 Å². The van der Waals surface area contributed by atoms with Gasteiger partial charge in [0.25, 0.3) is 0 Å². The summed E-state index contributed by atoms with van der Waals surface area (Å²) in [5.41, 5.74) is 1.16. The first kappa shape index (κ1) is 13.0. The zero-order valence-electron chi connectivity index (χ0n) is 9.50. The Morgan fingerprint density at radius 1 is 1.53 bits per heavy atom. The van der Waals surface area contributed by atoms with Crippen molar-refractivity contribution in [1.82, 2.24) is 9.78 Å². The largest absolute Gasteiger partial charge is 0.268 e. The van der Waals surface area contributed by atoms with Gasteiger partial charge in [0, 0.05) is 11.4 Å². The lowest BCUT2D eigenvalue weighted by atomic mass is 10.1. The van der Waals surface area contributed by atoms with Gasteiger partial charge in [-0.25, -0.2) is 0 Å². The summed E-state index contributed by atoms with van der Waals surface area (Å²) >= 11 is 9.77. The molecule has 1 aromatic rings. The number of hydrogen-bond donors (Lipinski definition) is 0. The second-order valence-corrected chi connectivity index (χ2v) is 5.64. The molecule has 1 unspecified atom stereocenters. The zero-order valence-corrected chi connectivity index (χ0v) is 11.8. The van der Waals surface area contributed by atoms with Crippen LogP contribution in [0.5, 0.6) is 0 Å². The molecule has 0 aliphatic heterocycles. The maximum absolute atomic E-state index is 6.09. The maximum Gasteiger partial charge on any atom is 0.0817 e. The molecule has 1 aromatic heterocycles. The van der Waals surface area contributed by atoms with E-state index in [2.05, 4.69) is 41.8 Å². The van der Waals surface area contributed by atoms with E-state index in [4.69, 9.17) is 11.6 Å². The summed E-state index contributed by atoms with van der Waals surface area (Å²) in [6.45, 7) is 7.41. The third-order valence-electron chi connectivity index (χ3n) is 2.58. The predicted octanol–water partition coefficient (Wildman–Crippen LogP) is 3.91. The number of halogens is 2. The Balaban J connectivity index is 2.60. The summed E-state index contributed by atoms with van der Waals surface area (Å²) in [6.07, 6.45) is 3.82. The summed E-state index contributed by atoms with van der Waals surface area (Å²) in [6, 6.07) is 0. The van der Waals surface area contributed by atoms with Crippen LogP contribution in [-0.4, -0.2) is 14.6 Å². The molecule has 0 radical (unpaired) electrons. The van der Waals surface area contributed by atoms with Gasteiger partial charge in [-0.05, 0) is 25.7 Å². The van der Waals surface area contributed by atoms with Crippen LogP contribution in [0.25, 0.3) is 0 Å². The van der Waals surface area contributed by atoms with Crippen LogP contribution < -0.4 is 0 Å². The van der Waals surface area contributed by atoms with Crippen molar-refractivity contribution >= 4 is 27.5 Å². The molecule has 4 heteroatoms. The molecule has 2 nitrogen and oxygen atoms in total. The highest BCUT2D eigenvalue weighted by Crippen LogP contribution is 2.22. The van der Waals surface area contributed by atoms with Crippen molar-refractivity contribution in [1.29, 1.82) is 0 Å². The first-order valence-electron chi connectivity index (χ1n) is 5.40. The van der Waals surface area contributed by atoms with Crippen LogP contribution in [-0.2, 0) is 13.0 Å². The predicted molar refractivity (Wildman–Crippen MR) is 68.8 cm³/mol. The Morgan fingerprint density at radius 3 is 2.73 bits per heavy atom. The highest BCUT2D eigenvalue weighted by Gasteiger charge is 2.13. The van der Waals surface area contributed by atoms with Crippen LogP contribution in [0.4, 0.5) is 0 Å². The lowest BCUT2D eigenvalue weighted by Crippen LogP contribution is -2.11. The van der Waals surface area contributed by atoms with Gasteiger partial charge in [-0.3, -0.25) is 4.68 Å². The van der Waals surface area contributed by atoms with Crippen LogP contribution in [0.2, 0.25) is 5.02 Å². The molecule has 1 rings (SSSR count). The van der Waals surface area contributed by atoms with Crippen molar-refractivity contribution in [2.45, 2.75) is 45.0 Å². The SMILES string of the molecule is CCn1ncc(Cl)c1CCC(Br)C(C)C. The second-order valence-electron chi connectivity index (χ2n) is 4.05. The number of rotatable bonds is 5. The second kappa shape index (κ2) is 5.90. The van der Waals surface area contributed by atoms with Gasteiger partial charge in [-0.2, -0.15) is 5.10 Å². The minimum Gasteiger partial charge on any atom is -0.268 e. The van der Waals surface area contributed by atoms with E-state index in [1.165, 1.54) is 0 Å². The Morgan fingerprint density at radius 2 is 2.20 bits per heavy atom. The molecule has 15 heavy (non-hydrogen) atoms. The van der Waals surface area contributed by atoms with Crippen molar-refractivity contribution in [3.63, 3.8) is 0 Å². The topological polar surface area (TPSA) is 17.8 Å². The summed E-state index contributed by atoms with van der Waals surface area (Å²) in [5.74, 6) is 0.654. The maximum atomic E-state index is 6.09. The average Bonchev–Trinajstić information content (AvgIpc) is 2.55. The van der Waals surface area contributed by atoms with Crippen LogP contribution in [0, 0.1) is 5.92 Å². The molecule has 1 heterocycles. The molecule has 86 valence electrons. The fourth-order valence-corrected chi connectivity index (χ4v) is 1.98. The normalized spacial score (nSPS) is 13.5. The molecule has 0 fully saturated rings. The highest BCUT2D eigenvalue weighted by molar-refractivity contribution is 9.09. The number of aryl methyl sites for hydroxylation is 1. The van der Waals surface area contributed by atoms with E-state index in [-0.39, 0.29) is 0 Å². The molecular formula is C11H18BrClN2. The molecule has 0 aliphatic carbocycles. The fourth-order valence-electron chi connectivity index (χ4n) is 1.52. The first-order chi connectivity index (χ1) is 7.06. The van der Waals surface area contributed by atoms with Crippen LogP contribution in [0.1, 0.15) is 32.9 Å². The molecular weight excluding hydrogens is 275 g/mol.